The smallest absolute Gasteiger partial charge is 0.136 e. The van der Waals surface area contributed by atoms with Gasteiger partial charge in [0.15, 0.2) is 0 Å². The van der Waals surface area contributed by atoms with E-state index in [-0.39, 0.29) is 17.3 Å². The highest BCUT2D eigenvalue weighted by molar-refractivity contribution is 5.74. The first-order valence-corrected chi connectivity index (χ1v) is 7.19. The number of hydrogen-bond acceptors (Lipinski definition) is 5. The Morgan fingerprint density at radius 2 is 1.08 bits per heavy atom. The number of rotatable bonds is 1. The molecule has 1 aliphatic rings. The largest absolute Gasteiger partial charge is 0.373 e. The molecule has 0 saturated carbocycles. The van der Waals surface area contributed by atoms with Crippen LogP contribution in [0.3, 0.4) is 0 Å². The predicted molar refractivity (Wildman–Crippen MR) is 93.2 cm³/mol. The quantitative estimate of drug-likeness (QED) is 0.782. The number of methoxy groups -OCH3 is 1. The van der Waals surface area contributed by atoms with Crippen molar-refractivity contribution in [3.8, 4) is 24.3 Å². The Balaban J connectivity index is 0.000000293. The number of nitriles is 4. The van der Waals surface area contributed by atoms with Gasteiger partial charge >= 0.3 is 0 Å². The van der Waals surface area contributed by atoms with Crippen LogP contribution < -0.4 is 10.4 Å². The van der Waals surface area contributed by atoms with Crippen molar-refractivity contribution < 1.29 is 4.74 Å². The zero-order valence-electron chi connectivity index (χ0n) is 13.5. The Hall–Kier alpha value is -3.90. The molecule has 25 heavy (non-hydrogen) atoms. The average Bonchev–Trinajstić information content (AvgIpc) is 2.94. The van der Waals surface area contributed by atoms with Crippen LogP contribution in [0.1, 0.15) is 0 Å². The number of benzene rings is 1. The first kappa shape index (κ1) is 19.1. The van der Waals surface area contributed by atoms with E-state index in [0.29, 0.717) is 10.4 Å². The summed E-state index contributed by atoms with van der Waals surface area (Å²) in [6.07, 6.45) is 12.1. The third-order valence-corrected chi connectivity index (χ3v) is 3.12. The summed E-state index contributed by atoms with van der Waals surface area (Å²) in [4.78, 5) is 0. The lowest BCUT2D eigenvalue weighted by molar-refractivity contribution is 0.178. The molecule has 0 amide bonds. The minimum absolute atomic E-state index is 0.00187. The van der Waals surface area contributed by atoms with E-state index in [1.54, 1.807) is 31.4 Å². The van der Waals surface area contributed by atoms with E-state index in [1.807, 2.05) is 36.5 Å². The lowest BCUT2D eigenvalue weighted by Gasteiger charge is -2.00. The third kappa shape index (κ3) is 6.01. The Morgan fingerprint density at radius 1 is 0.720 bits per heavy atom. The maximum atomic E-state index is 8.63. The van der Waals surface area contributed by atoms with E-state index in [0.717, 1.165) is 0 Å². The molecule has 1 aliphatic carbocycles. The van der Waals surface area contributed by atoms with Gasteiger partial charge in [-0.25, -0.2) is 0 Å². The Bertz CT molecular complexity index is 852. The molecule has 5 heteroatoms. The molecule has 0 radical (unpaired) electrons. The van der Waals surface area contributed by atoms with E-state index in [1.165, 1.54) is 24.3 Å². The fourth-order valence-electron chi connectivity index (χ4n) is 1.81. The summed E-state index contributed by atoms with van der Waals surface area (Å²) >= 11 is 0. The van der Waals surface area contributed by atoms with Crippen LogP contribution in [0.5, 0.6) is 0 Å². The molecular formula is C20H14N4O. The molecule has 0 heterocycles. The molecule has 0 spiro atoms. The summed E-state index contributed by atoms with van der Waals surface area (Å²) in [6, 6.07) is 13.2. The summed E-state index contributed by atoms with van der Waals surface area (Å²) in [5, 5.41) is 35.5. The highest BCUT2D eigenvalue weighted by Crippen LogP contribution is 1.99. The van der Waals surface area contributed by atoms with Crippen LogP contribution in [0, 0.1) is 45.3 Å². The lowest BCUT2D eigenvalue weighted by Crippen LogP contribution is -2.11. The molecule has 1 aromatic carbocycles. The monoisotopic (exact) mass is 326 g/mol. The summed E-state index contributed by atoms with van der Waals surface area (Å²) < 4.78 is 5.06. The molecule has 0 unspecified atom stereocenters. The lowest BCUT2D eigenvalue weighted by atomic mass is 10.1. The van der Waals surface area contributed by atoms with Crippen molar-refractivity contribution in [3.63, 3.8) is 0 Å². The first-order chi connectivity index (χ1) is 12.2. The van der Waals surface area contributed by atoms with E-state index < -0.39 is 0 Å². The van der Waals surface area contributed by atoms with Crippen LogP contribution in [0.25, 0.3) is 11.1 Å². The average molecular weight is 326 g/mol. The van der Waals surface area contributed by atoms with Gasteiger partial charge < -0.3 is 4.74 Å². The van der Waals surface area contributed by atoms with Gasteiger partial charge in [0, 0.05) is 17.5 Å². The first-order valence-electron chi connectivity index (χ1n) is 7.19. The number of nitrogens with zero attached hydrogens (tertiary/aromatic N) is 4. The van der Waals surface area contributed by atoms with E-state index in [9.17, 15) is 0 Å². The Kier molecular flexibility index (Phi) is 8.24. The van der Waals surface area contributed by atoms with Crippen molar-refractivity contribution in [3.05, 3.63) is 71.2 Å². The van der Waals surface area contributed by atoms with Crippen LogP contribution >= 0.6 is 0 Å². The van der Waals surface area contributed by atoms with Gasteiger partial charge in [-0.05, 0) is 0 Å². The van der Waals surface area contributed by atoms with Crippen LogP contribution in [-0.4, -0.2) is 13.2 Å². The van der Waals surface area contributed by atoms with Crippen molar-refractivity contribution >= 4 is 11.1 Å². The molecule has 1 aromatic rings. The SMILES string of the molecule is COC1C=CC=CC=C1.N#CC(C#N)=c1ccc(=C(C#N)C#N)cc1. The number of hydrogen-bond donors (Lipinski definition) is 0. The summed E-state index contributed by atoms with van der Waals surface area (Å²) in [5.74, 6) is 0. The molecule has 120 valence electrons. The standard InChI is InChI=1S/C12H4N4.C8H10O/c13-5-11(6-14)9-1-2-10(4-3-9)12(7-15)8-16;1-9-8-6-4-2-3-5-7-8/h1-4H;2-8H,1H3. The maximum Gasteiger partial charge on any atom is 0.136 e. The molecule has 0 N–H and O–H groups in total. The van der Waals surface area contributed by atoms with Gasteiger partial charge in [-0.3, -0.25) is 0 Å². The molecular weight excluding hydrogens is 312 g/mol. The molecule has 0 aliphatic heterocycles. The Morgan fingerprint density at radius 3 is 1.36 bits per heavy atom. The van der Waals surface area contributed by atoms with Crippen molar-refractivity contribution in [2.45, 2.75) is 6.10 Å². The molecule has 5 nitrogen and oxygen atoms in total. The molecule has 0 bridgehead atoms. The highest BCUT2D eigenvalue weighted by Gasteiger charge is 1.96. The fraction of sp³-hybridized carbons (Fsp3) is 0.100. The third-order valence-electron chi connectivity index (χ3n) is 3.12. The minimum Gasteiger partial charge on any atom is -0.373 e. The molecule has 0 atom stereocenters. The zero-order chi connectivity index (χ0) is 18.5. The van der Waals surface area contributed by atoms with Crippen LogP contribution in [-0.2, 0) is 4.74 Å². The van der Waals surface area contributed by atoms with Gasteiger partial charge in [-0.15, -0.1) is 0 Å². The van der Waals surface area contributed by atoms with Crippen molar-refractivity contribution in [2.24, 2.45) is 0 Å². The second kappa shape index (κ2) is 10.8. The van der Waals surface area contributed by atoms with E-state index >= 15 is 0 Å². The topological polar surface area (TPSA) is 104 Å². The van der Waals surface area contributed by atoms with Crippen LogP contribution in [0.4, 0.5) is 0 Å². The van der Waals surface area contributed by atoms with Crippen LogP contribution in [0.2, 0.25) is 0 Å². The second-order valence-electron chi connectivity index (χ2n) is 4.63. The number of allylic oxidation sites excluding steroid dienone is 4. The maximum absolute atomic E-state index is 8.63. The highest BCUT2D eigenvalue weighted by atomic mass is 16.5. The normalized spacial score (nSPS) is 11.6. The second-order valence-corrected chi connectivity index (χ2v) is 4.63. The van der Waals surface area contributed by atoms with Gasteiger partial charge in [0.05, 0.1) is 6.10 Å². The summed E-state index contributed by atoms with van der Waals surface area (Å²) in [5.41, 5.74) is 0.00373. The van der Waals surface area contributed by atoms with Gasteiger partial charge in [-0.1, -0.05) is 60.7 Å². The van der Waals surface area contributed by atoms with E-state index in [4.69, 9.17) is 25.8 Å². The zero-order valence-corrected chi connectivity index (χ0v) is 13.5. The molecule has 2 rings (SSSR count). The molecule has 0 fully saturated rings. The van der Waals surface area contributed by atoms with Crippen molar-refractivity contribution in [1.29, 1.82) is 21.0 Å². The van der Waals surface area contributed by atoms with Gasteiger partial charge in [-0.2, -0.15) is 21.0 Å². The minimum atomic E-state index is 0.00187. The van der Waals surface area contributed by atoms with Gasteiger partial charge in [0.25, 0.3) is 0 Å². The van der Waals surface area contributed by atoms with Crippen molar-refractivity contribution in [2.75, 3.05) is 7.11 Å². The molecule has 0 saturated heterocycles. The van der Waals surface area contributed by atoms with Gasteiger partial charge in [0.2, 0.25) is 0 Å². The fourth-order valence-corrected chi connectivity index (χ4v) is 1.81. The number of ether oxygens (including phenoxy) is 1. The summed E-state index contributed by atoms with van der Waals surface area (Å²) in [7, 11) is 1.70. The Labute approximate surface area is 146 Å². The molecule has 0 aromatic heterocycles. The van der Waals surface area contributed by atoms with Crippen molar-refractivity contribution in [1.82, 2.24) is 0 Å². The van der Waals surface area contributed by atoms with Crippen LogP contribution in [0.15, 0.2) is 60.7 Å². The van der Waals surface area contributed by atoms with Gasteiger partial charge in [0.1, 0.15) is 35.4 Å². The van der Waals surface area contributed by atoms with E-state index in [2.05, 4.69) is 0 Å². The predicted octanol–water partition coefficient (Wildman–Crippen LogP) is 1.77. The summed E-state index contributed by atoms with van der Waals surface area (Å²) in [6.45, 7) is 0.